The summed E-state index contributed by atoms with van der Waals surface area (Å²) in [7, 11) is 5.26. The van der Waals surface area contributed by atoms with E-state index >= 15 is 0 Å². The van der Waals surface area contributed by atoms with Crippen LogP contribution in [0.3, 0.4) is 0 Å². The second-order valence-corrected chi connectivity index (χ2v) is 7.17. The summed E-state index contributed by atoms with van der Waals surface area (Å²) in [4.78, 5) is 14.1. The van der Waals surface area contributed by atoms with Gasteiger partial charge in [0, 0.05) is 6.54 Å². The zero-order valence-electron chi connectivity index (χ0n) is 16.0. The molecule has 152 valence electrons. The summed E-state index contributed by atoms with van der Waals surface area (Å²) >= 11 is 0. The molecule has 0 radical (unpaired) electrons. The number of carbonyl (C=O) groups is 1. The molecular formula is C19H28F3N3O2. The van der Waals surface area contributed by atoms with E-state index in [9.17, 15) is 18.0 Å². The van der Waals surface area contributed by atoms with Crippen molar-refractivity contribution in [1.82, 2.24) is 15.5 Å². The fraction of sp³-hybridized carbons (Fsp3) is 0.632. The van der Waals surface area contributed by atoms with Gasteiger partial charge in [-0.1, -0.05) is 25.0 Å². The third kappa shape index (κ3) is 6.02. The minimum Gasteiger partial charge on any atom is -0.497 e. The van der Waals surface area contributed by atoms with Gasteiger partial charge in [-0.15, -0.1) is 0 Å². The number of ether oxygens (including phenoxy) is 1. The molecule has 0 unspecified atom stereocenters. The van der Waals surface area contributed by atoms with E-state index < -0.39 is 24.2 Å². The normalized spacial score (nSPS) is 17.6. The highest BCUT2D eigenvalue weighted by Gasteiger charge is 2.46. The number of nitrogens with one attached hydrogen (secondary N) is 2. The van der Waals surface area contributed by atoms with Gasteiger partial charge in [0.2, 0.25) is 0 Å². The van der Waals surface area contributed by atoms with Crippen molar-refractivity contribution in [2.75, 3.05) is 27.7 Å². The van der Waals surface area contributed by atoms with E-state index in [0.717, 1.165) is 18.4 Å². The fourth-order valence-corrected chi connectivity index (χ4v) is 3.59. The van der Waals surface area contributed by atoms with Crippen LogP contribution < -0.4 is 15.4 Å². The lowest BCUT2D eigenvalue weighted by atomic mass is 9.98. The Labute approximate surface area is 158 Å². The zero-order chi connectivity index (χ0) is 20.0. The smallest absolute Gasteiger partial charge is 0.408 e. The third-order valence-electron chi connectivity index (χ3n) is 5.07. The highest BCUT2D eigenvalue weighted by Crippen LogP contribution is 2.35. The standard InChI is InChI=1S/C19H28F3N3O2/c1-25(2)16(14-9-6-10-15(11-14)27-3)12-23-18(26)24-17(19(20,21)22)13-7-4-5-8-13/h6,9-11,13,16-17H,4-5,7-8,12H2,1-3H3,(H2,23,24,26)/t16-,17-/m1/s1. The van der Waals surface area contributed by atoms with Crippen LogP contribution in [0.2, 0.25) is 0 Å². The quantitative estimate of drug-likeness (QED) is 0.750. The molecule has 2 amide bonds. The van der Waals surface area contributed by atoms with E-state index in [1.54, 1.807) is 7.11 Å². The maximum Gasteiger partial charge on any atom is 0.408 e. The van der Waals surface area contributed by atoms with Crippen LogP contribution in [0.25, 0.3) is 0 Å². The number of rotatable bonds is 7. The average Bonchev–Trinajstić information content (AvgIpc) is 3.12. The van der Waals surface area contributed by atoms with Gasteiger partial charge >= 0.3 is 12.2 Å². The molecule has 1 saturated carbocycles. The van der Waals surface area contributed by atoms with Crippen LogP contribution in [0.15, 0.2) is 24.3 Å². The number of methoxy groups -OCH3 is 1. The predicted octanol–water partition coefficient (Wildman–Crippen LogP) is 3.72. The van der Waals surface area contributed by atoms with Crippen molar-refractivity contribution in [3.05, 3.63) is 29.8 Å². The second-order valence-electron chi connectivity index (χ2n) is 7.17. The van der Waals surface area contributed by atoms with Crippen molar-refractivity contribution >= 4 is 6.03 Å². The highest BCUT2D eigenvalue weighted by molar-refractivity contribution is 5.74. The summed E-state index contributed by atoms with van der Waals surface area (Å²) in [6.07, 6.45) is -1.90. The molecule has 2 atom stereocenters. The van der Waals surface area contributed by atoms with Gasteiger partial charge in [0.15, 0.2) is 0 Å². The van der Waals surface area contributed by atoms with Crippen molar-refractivity contribution < 1.29 is 22.7 Å². The predicted molar refractivity (Wildman–Crippen MR) is 97.8 cm³/mol. The maximum atomic E-state index is 13.3. The Morgan fingerprint density at radius 3 is 2.52 bits per heavy atom. The van der Waals surface area contributed by atoms with Crippen LogP contribution in [0.4, 0.5) is 18.0 Å². The van der Waals surface area contributed by atoms with Crippen LogP contribution >= 0.6 is 0 Å². The van der Waals surface area contributed by atoms with Crippen molar-refractivity contribution in [2.45, 2.75) is 43.9 Å². The van der Waals surface area contributed by atoms with Crippen molar-refractivity contribution in [2.24, 2.45) is 5.92 Å². The molecule has 8 heteroatoms. The number of urea groups is 1. The Hall–Kier alpha value is -1.96. The number of carbonyl (C=O) groups excluding carboxylic acids is 1. The van der Waals surface area contributed by atoms with Crippen molar-refractivity contribution in [1.29, 1.82) is 0 Å². The molecule has 1 fully saturated rings. The third-order valence-corrected chi connectivity index (χ3v) is 5.07. The first-order valence-corrected chi connectivity index (χ1v) is 9.14. The molecule has 0 aliphatic heterocycles. The molecule has 1 aliphatic carbocycles. The first kappa shape index (κ1) is 21.3. The zero-order valence-corrected chi connectivity index (χ0v) is 16.0. The summed E-state index contributed by atoms with van der Waals surface area (Å²) in [6.45, 7) is 0.182. The number of alkyl halides is 3. The molecule has 2 N–H and O–H groups in total. The molecule has 1 aliphatic rings. The summed E-state index contributed by atoms with van der Waals surface area (Å²) in [5, 5.41) is 4.74. The maximum absolute atomic E-state index is 13.3. The van der Waals surface area contributed by atoms with Crippen molar-refractivity contribution in [3.8, 4) is 5.75 Å². The first-order chi connectivity index (χ1) is 12.7. The van der Waals surface area contributed by atoms with Crippen LogP contribution in [0.1, 0.15) is 37.3 Å². The van der Waals surface area contributed by atoms with Gasteiger partial charge in [0.1, 0.15) is 11.8 Å². The molecule has 5 nitrogen and oxygen atoms in total. The number of hydrogen-bond donors (Lipinski definition) is 2. The number of likely N-dealkylation sites (N-methyl/N-ethyl adjacent to an activating group) is 1. The number of nitrogens with zero attached hydrogens (tertiary/aromatic N) is 1. The summed E-state index contributed by atoms with van der Waals surface area (Å²) < 4.78 is 45.2. The van der Waals surface area contributed by atoms with Crippen LogP contribution in [0.5, 0.6) is 5.75 Å². The first-order valence-electron chi connectivity index (χ1n) is 9.14. The Morgan fingerprint density at radius 2 is 1.96 bits per heavy atom. The summed E-state index contributed by atoms with van der Waals surface area (Å²) in [5.74, 6) is 0.140. The highest BCUT2D eigenvalue weighted by atomic mass is 19.4. The Morgan fingerprint density at radius 1 is 1.30 bits per heavy atom. The van der Waals surface area contributed by atoms with Gasteiger partial charge in [0.25, 0.3) is 0 Å². The molecule has 27 heavy (non-hydrogen) atoms. The van der Waals surface area contributed by atoms with Gasteiger partial charge in [-0.2, -0.15) is 13.2 Å². The van der Waals surface area contributed by atoms with E-state index in [1.807, 2.05) is 43.3 Å². The van der Waals surface area contributed by atoms with Crippen LogP contribution in [-0.4, -0.2) is 50.9 Å². The minimum absolute atomic E-state index is 0.182. The summed E-state index contributed by atoms with van der Waals surface area (Å²) in [6, 6.07) is 4.61. The van der Waals surface area contributed by atoms with E-state index in [4.69, 9.17) is 4.74 Å². The Kier molecular flexibility index (Phi) is 7.35. The Balaban J connectivity index is 2.00. The second kappa shape index (κ2) is 9.30. The van der Waals surface area contributed by atoms with Gasteiger partial charge in [-0.05, 0) is 50.6 Å². The lowest BCUT2D eigenvalue weighted by Gasteiger charge is -2.29. The topological polar surface area (TPSA) is 53.6 Å². The molecule has 0 aromatic heterocycles. The van der Waals surface area contributed by atoms with E-state index in [2.05, 4.69) is 10.6 Å². The number of hydrogen-bond acceptors (Lipinski definition) is 3. The van der Waals surface area contributed by atoms with E-state index in [-0.39, 0.29) is 12.6 Å². The van der Waals surface area contributed by atoms with Gasteiger partial charge < -0.3 is 20.3 Å². The van der Waals surface area contributed by atoms with Crippen LogP contribution in [-0.2, 0) is 0 Å². The molecule has 0 saturated heterocycles. The largest absolute Gasteiger partial charge is 0.497 e. The molecule has 0 heterocycles. The lowest BCUT2D eigenvalue weighted by molar-refractivity contribution is -0.164. The number of halogens is 3. The summed E-state index contributed by atoms with van der Waals surface area (Å²) in [5.41, 5.74) is 0.905. The Bertz CT molecular complexity index is 616. The van der Waals surface area contributed by atoms with Gasteiger partial charge in [-0.25, -0.2) is 4.79 Å². The average molecular weight is 387 g/mol. The molecule has 1 aromatic rings. The minimum atomic E-state index is -4.44. The number of benzene rings is 1. The molecule has 0 spiro atoms. The van der Waals surface area contributed by atoms with E-state index in [0.29, 0.717) is 18.6 Å². The van der Waals surface area contributed by atoms with Gasteiger partial charge in [0.05, 0.1) is 13.2 Å². The lowest BCUT2D eigenvalue weighted by Crippen LogP contribution is -2.53. The SMILES string of the molecule is COc1cccc([C@@H](CNC(=O)N[C@H](C2CCCC2)C(F)(F)F)N(C)C)c1. The van der Waals surface area contributed by atoms with Crippen molar-refractivity contribution in [3.63, 3.8) is 0 Å². The molecule has 2 rings (SSSR count). The molecular weight excluding hydrogens is 359 g/mol. The fourth-order valence-electron chi connectivity index (χ4n) is 3.59. The van der Waals surface area contributed by atoms with Gasteiger partial charge in [-0.3, -0.25) is 0 Å². The van der Waals surface area contributed by atoms with E-state index in [1.165, 1.54) is 0 Å². The molecule has 1 aromatic carbocycles. The monoisotopic (exact) mass is 387 g/mol. The molecule has 0 bridgehead atoms. The van der Waals surface area contributed by atoms with Crippen LogP contribution in [0, 0.1) is 5.92 Å². The number of amides is 2.